The minimum Gasteiger partial charge on any atom is -0.368 e. The van der Waals surface area contributed by atoms with Crippen LogP contribution in [0.3, 0.4) is 0 Å². The fourth-order valence-corrected chi connectivity index (χ4v) is 4.20. The molecule has 0 aromatic rings. The summed E-state index contributed by atoms with van der Waals surface area (Å²) in [5, 5.41) is 3.49. The van der Waals surface area contributed by atoms with Crippen LogP contribution in [0.15, 0.2) is 0 Å². The average Bonchev–Trinajstić information content (AvgIpc) is 3.23. The van der Waals surface area contributed by atoms with E-state index in [4.69, 9.17) is 5.73 Å². The maximum atomic E-state index is 12.0. The first-order valence-electron chi connectivity index (χ1n) is 8.40. The number of amides is 1. The van der Waals surface area contributed by atoms with Gasteiger partial charge in [0.05, 0.1) is 0 Å². The van der Waals surface area contributed by atoms with Gasteiger partial charge in [-0.25, -0.2) is 0 Å². The summed E-state index contributed by atoms with van der Waals surface area (Å²) in [5.74, 6) is 0.665. The lowest BCUT2D eigenvalue weighted by Crippen LogP contribution is -2.63. The first-order valence-corrected chi connectivity index (χ1v) is 8.40. The predicted molar refractivity (Wildman–Crippen MR) is 80.3 cm³/mol. The highest BCUT2D eigenvalue weighted by atomic mass is 16.1. The van der Waals surface area contributed by atoms with Gasteiger partial charge >= 0.3 is 0 Å². The van der Waals surface area contributed by atoms with Gasteiger partial charge in [-0.3, -0.25) is 15.0 Å². The number of nitrogens with two attached hydrogens (primary N) is 1. The molecule has 1 saturated heterocycles. The van der Waals surface area contributed by atoms with E-state index in [9.17, 15) is 4.79 Å². The highest BCUT2D eigenvalue weighted by molar-refractivity contribution is 5.84. The molecule has 1 unspecified atom stereocenters. The number of hydrogen-bond donors (Lipinski definition) is 2. The van der Waals surface area contributed by atoms with Crippen molar-refractivity contribution >= 4 is 5.91 Å². The van der Waals surface area contributed by atoms with E-state index in [1.54, 1.807) is 0 Å². The SMILES string of the molecule is CC(CN1CCC[C@H]2CCCC[C@H]21)(NC1CC1)C(N)=O. The number of carbonyl (C=O) groups excluding carboxylic acids is 1. The Morgan fingerprint density at radius 3 is 2.60 bits per heavy atom. The van der Waals surface area contributed by atoms with Crippen LogP contribution >= 0.6 is 0 Å². The normalized spacial score (nSPS) is 34.2. The zero-order chi connectivity index (χ0) is 14.2. The Morgan fingerprint density at radius 1 is 1.20 bits per heavy atom. The van der Waals surface area contributed by atoms with Gasteiger partial charge in [0.1, 0.15) is 5.54 Å². The van der Waals surface area contributed by atoms with E-state index in [0.29, 0.717) is 12.1 Å². The van der Waals surface area contributed by atoms with Crippen LogP contribution < -0.4 is 11.1 Å². The first kappa shape index (κ1) is 14.3. The second kappa shape index (κ2) is 5.64. The molecule has 3 atom stereocenters. The number of nitrogens with one attached hydrogen (secondary N) is 1. The van der Waals surface area contributed by atoms with E-state index in [0.717, 1.165) is 19.0 Å². The van der Waals surface area contributed by atoms with Gasteiger partial charge in [0, 0.05) is 18.6 Å². The lowest BCUT2D eigenvalue weighted by Gasteiger charge is -2.47. The van der Waals surface area contributed by atoms with Crippen molar-refractivity contribution < 1.29 is 4.79 Å². The average molecular weight is 279 g/mol. The highest BCUT2D eigenvalue weighted by Gasteiger charge is 2.42. The van der Waals surface area contributed by atoms with Crippen LogP contribution in [-0.4, -0.2) is 41.5 Å². The second-order valence-electron chi connectivity index (χ2n) is 7.34. The zero-order valence-electron chi connectivity index (χ0n) is 12.7. The van der Waals surface area contributed by atoms with E-state index >= 15 is 0 Å². The standard InChI is InChI=1S/C16H29N3O/c1-16(15(17)20,18-13-8-9-13)11-19-10-4-6-12-5-2-3-7-14(12)19/h12-14,18H,2-11H2,1H3,(H2,17,20)/t12-,14-,16?/m1/s1. The fraction of sp³-hybridized carbons (Fsp3) is 0.938. The Labute approximate surface area is 122 Å². The summed E-state index contributed by atoms with van der Waals surface area (Å²) >= 11 is 0. The Morgan fingerprint density at radius 2 is 1.90 bits per heavy atom. The lowest BCUT2D eigenvalue weighted by molar-refractivity contribution is -0.125. The molecular formula is C16H29N3O. The molecule has 114 valence electrons. The first-order chi connectivity index (χ1) is 9.58. The Bertz CT molecular complexity index is 367. The maximum Gasteiger partial charge on any atom is 0.238 e. The minimum atomic E-state index is -0.555. The topological polar surface area (TPSA) is 58.4 Å². The molecule has 0 bridgehead atoms. The van der Waals surface area contributed by atoms with Gasteiger partial charge in [-0.05, 0) is 57.9 Å². The number of fused-ring (bicyclic) bond motifs is 1. The molecule has 0 spiro atoms. The number of primary amides is 1. The van der Waals surface area contributed by atoms with Crippen LogP contribution in [-0.2, 0) is 4.79 Å². The molecule has 1 amide bonds. The van der Waals surface area contributed by atoms with Gasteiger partial charge in [-0.1, -0.05) is 12.8 Å². The number of carbonyl (C=O) groups is 1. The van der Waals surface area contributed by atoms with Gasteiger partial charge in [0.2, 0.25) is 5.91 Å². The number of nitrogens with zero attached hydrogens (tertiary/aromatic N) is 1. The van der Waals surface area contributed by atoms with Crippen molar-refractivity contribution in [1.29, 1.82) is 0 Å². The van der Waals surface area contributed by atoms with Gasteiger partial charge in [-0.2, -0.15) is 0 Å². The zero-order valence-corrected chi connectivity index (χ0v) is 12.7. The van der Waals surface area contributed by atoms with Crippen molar-refractivity contribution in [2.24, 2.45) is 11.7 Å². The highest BCUT2D eigenvalue weighted by Crippen LogP contribution is 2.36. The summed E-state index contributed by atoms with van der Waals surface area (Å²) in [5.41, 5.74) is 5.15. The summed E-state index contributed by atoms with van der Waals surface area (Å²) in [6.07, 6.45) is 10.5. The molecule has 2 saturated carbocycles. The largest absolute Gasteiger partial charge is 0.368 e. The Balaban J connectivity index is 1.68. The van der Waals surface area contributed by atoms with Crippen molar-refractivity contribution in [2.75, 3.05) is 13.1 Å². The second-order valence-corrected chi connectivity index (χ2v) is 7.34. The Hall–Kier alpha value is -0.610. The molecule has 2 aliphatic carbocycles. The molecule has 3 aliphatic rings. The Kier molecular flexibility index (Phi) is 4.04. The van der Waals surface area contributed by atoms with Crippen LogP contribution in [0.25, 0.3) is 0 Å². The van der Waals surface area contributed by atoms with E-state index in [1.165, 1.54) is 51.4 Å². The molecule has 3 rings (SSSR count). The quantitative estimate of drug-likeness (QED) is 0.804. The van der Waals surface area contributed by atoms with Crippen molar-refractivity contribution in [1.82, 2.24) is 10.2 Å². The molecule has 0 aromatic carbocycles. The number of piperidine rings is 1. The summed E-state index contributed by atoms with van der Waals surface area (Å²) in [6, 6.07) is 1.21. The van der Waals surface area contributed by atoms with Crippen molar-refractivity contribution in [3.05, 3.63) is 0 Å². The van der Waals surface area contributed by atoms with Gasteiger partial charge in [-0.15, -0.1) is 0 Å². The van der Waals surface area contributed by atoms with Gasteiger partial charge in [0.15, 0.2) is 0 Å². The molecule has 0 aromatic heterocycles. The van der Waals surface area contributed by atoms with Crippen LogP contribution in [0.2, 0.25) is 0 Å². The molecule has 3 fully saturated rings. The smallest absolute Gasteiger partial charge is 0.238 e. The van der Waals surface area contributed by atoms with Crippen molar-refractivity contribution in [3.8, 4) is 0 Å². The molecule has 4 heteroatoms. The van der Waals surface area contributed by atoms with Crippen molar-refractivity contribution in [2.45, 2.75) is 75.9 Å². The van der Waals surface area contributed by atoms with Crippen LogP contribution in [0, 0.1) is 5.92 Å². The molecule has 3 N–H and O–H groups in total. The summed E-state index contributed by atoms with van der Waals surface area (Å²) in [7, 11) is 0. The monoisotopic (exact) mass is 279 g/mol. The van der Waals surface area contributed by atoms with Crippen LogP contribution in [0.4, 0.5) is 0 Å². The summed E-state index contributed by atoms with van der Waals surface area (Å²) in [4.78, 5) is 14.5. The fourth-order valence-electron chi connectivity index (χ4n) is 4.20. The molecule has 0 radical (unpaired) electrons. The minimum absolute atomic E-state index is 0.192. The van der Waals surface area contributed by atoms with E-state index in [2.05, 4.69) is 10.2 Å². The van der Waals surface area contributed by atoms with E-state index in [-0.39, 0.29) is 5.91 Å². The molecule has 4 nitrogen and oxygen atoms in total. The van der Waals surface area contributed by atoms with Crippen molar-refractivity contribution in [3.63, 3.8) is 0 Å². The lowest BCUT2D eigenvalue weighted by atomic mass is 9.77. The third kappa shape index (κ3) is 3.01. The van der Waals surface area contributed by atoms with Gasteiger partial charge < -0.3 is 5.73 Å². The molecule has 1 aliphatic heterocycles. The third-order valence-electron chi connectivity index (χ3n) is 5.52. The maximum absolute atomic E-state index is 12.0. The molecule has 1 heterocycles. The van der Waals surface area contributed by atoms with Crippen LogP contribution in [0.5, 0.6) is 0 Å². The number of likely N-dealkylation sites (tertiary alicyclic amines) is 1. The third-order valence-corrected chi connectivity index (χ3v) is 5.52. The number of rotatable bonds is 5. The predicted octanol–water partition coefficient (Wildman–Crippen LogP) is 1.64. The summed E-state index contributed by atoms with van der Waals surface area (Å²) < 4.78 is 0. The molecule has 20 heavy (non-hydrogen) atoms. The van der Waals surface area contributed by atoms with E-state index < -0.39 is 5.54 Å². The molecular weight excluding hydrogens is 250 g/mol. The summed E-state index contributed by atoms with van der Waals surface area (Å²) in [6.45, 7) is 3.93. The van der Waals surface area contributed by atoms with Gasteiger partial charge in [0.25, 0.3) is 0 Å². The van der Waals surface area contributed by atoms with E-state index in [1.807, 2.05) is 6.92 Å². The van der Waals surface area contributed by atoms with Crippen LogP contribution in [0.1, 0.15) is 58.3 Å². The number of hydrogen-bond acceptors (Lipinski definition) is 3.